The number of aromatic nitrogens is 2. The Morgan fingerprint density at radius 2 is 1.43 bits per heavy atom. The van der Waals surface area contributed by atoms with E-state index >= 15 is 0 Å². The van der Waals surface area contributed by atoms with E-state index in [2.05, 4.69) is 74.8 Å². The maximum Gasteiger partial charge on any atom is 0.0516 e. The van der Waals surface area contributed by atoms with Gasteiger partial charge in [-0.3, -0.25) is 0 Å². The maximum absolute atomic E-state index is 3.42. The SMILES string of the molecule is Cc1cc[nH]c1-c1c(C)ccc(C)c1-c1c(C)ccn1C. The highest BCUT2D eigenvalue weighted by Gasteiger charge is 2.18. The summed E-state index contributed by atoms with van der Waals surface area (Å²) in [4.78, 5) is 3.42. The minimum Gasteiger partial charge on any atom is -0.361 e. The molecule has 2 nitrogen and oxygen atoms in total. The molecule has 3 aromatic rings. The molecule has 2 heterocycles. The lowest BCUT2D eigenvalue weighted by Crippen LogP contribution is -1.99. The third-order valence-electron chi connectivity index (χ3n) is 4.34. The minimum atomic E-state index is 1.23. The largest absolute Gasteiger partial charge is 0.361 e. The first-order chi connectivity index (χ1) is 10.0. The average Bonchev–Trinajstić information content (AvgIpc) is 2.99. The number of nitrogens with one attached hydrogen (secondary N) is 1. The van der Waals surface area contributed by atoms with Gasteiger partial charge in [0.25, 0.3) is 0 Å². The van der Waals surface area contributed by atoms with E-state index < -0.39 is 0 Å². The van der Waals surface area contributed by atoms with Crippen LogP contribution >= 0.6 is 0 Å². The third-order valence-corrected chi connectivity index (χ3v) is 4.34. The fourth-order valence-corrected chi connectivity index (χ4v) is 3.18. The van der Waals surface area contributed by atoms with Gasteiger partial charge in [0, 0.05) is 36.3 Å². The quantitative estimate of drug-likeness (QED) is 0.687. The molecule has 0 bridgehead atoms. The van der Waals surface area contributed by atoms with Gasteiger partial charge in [-0.2, -0.15) is 0 Å². The van der Waals surface area contributed by atoms with Gasteiger partial charge in [-0.15, -0.1) is 0 Å². The molecular formula is C19H22N2. The van der Waals surface area contributed by atoms with Crippen LogP contribution in [0.3, 0.4) is 0 Å². The predicted octanol–water partition coefficient (Wildman–Crippen LogP) is 4.92. The summed E-state index contributed by atoms with van der Waals surface area (Å²) in [5, 5.41) is 0. The number of aromatic amines is 1. The van der Waals surface area contributed by atoms with Gasteiger partial charge in [-0.1, -0.05) is 12.1 Å². The highest BCUT2D eigenvalue weighted by Crippen LogP contribution is 2.39. The first-order valence-corrected chi connectivity index (χ1v) is 7.37. The molecule has 0 aliphatic rings. The van der Waals surface area contributed by atoms with Gasteiger partial charge in [-0.25, -0.2) is 0 Å². The Labute approximate surface area is 126 Å². The number of H-pyrrole nitrogens is 1. The second-order valence-electron chi connectivity index (χ2n) is 5.94. The highest BCUT2D eigenvalue weighted by atomic mass is 14.9. The summed E-state index contributed by atoms with van der Waals surface area (Å²) in [6.45, 7) is 8.73. The summed E-state index contributed by atoms with van der Waals surface area (Å²) in [5.41, 5.74) is 10.4. The minimum absolute atomic E-state index is 1.23. The Kier molecular flexibility index (Phi) is 3.25. The summed E-state index contributed by atoms with van der Waals surface area (Å²) in [7, 11) is 2.12. The van der Waals surface area contributed by atoms with E-state index in [9.17, 15) is 0 Å². The van der Waals surface area contributed by atoms with Crippen LogP contribution in [-0.2, 0) is 7.05 Å². The molecule has 0 saturated carbocycles. The topological polar surface area (TPSA) is 20.7 Å². The van der Waals surface area contributed by atoms with Crippen molar-refractivity contribution in [1.82, 2.24) is 9.55 Å². The van der Waals surface area contributed by atoms with Gasteiger partial charge in [0.15, 0.2) is 0 Å². The Hall–Kier alpha value is -2.22. The van der Waals surface area contributed by atoms with Crippen molar-refractivity contribution in [3.05, 3.63) is 58.9 Å². The molecule has 2 heteroatoms. The molecule has 108 valence electrons. The second-order valence-corrected chi connectivity index (χ2v) is 5.94. The van der Waals surface area contributed by atoms with E-state index in [4.69, 9.17) is 0 Å². The lowest BCUT2D eigenvalue weighted by molar-refractivity contribution is 0.933. The molecule has 2 aromatic heterocycles. The third kappa shape index (κ3) is 2.11. The van der Waals surface area contributed by atoms with Gasteiger partial charge >= 0.3 is 0 Å². The van der Waals surface area contributed by atoms with Crippen molar-refractivity contribution in [2.45, 2.75) is 27.7 Å². The van der Waals surface area contributed by atoms with Crippen LogP contribution in [-0.4, -0.2) is 9.55 Å². The molecule has 3 rings (SSSR count). The number of hydrogen-bond donors (Lipinski definition) is 1. The fourth-order valence-electron chi connectivity index (χ4n) is 3.18. The van der Waals surface area contributed by atoms with Crippen molar-refractivity contribution < 1.29 is 0 Å². The van der Waals surface area contributed by atoms with E-state index in [1.54, 1.807) is 0 Å². The van der Waals surface area contributed by atoms with E-state index in [1.807, 2.05) is 6.20 Å². The van der Waals surface area contributed by atoms with Crippen molar-refractivity contribution in [3.63, 3.8) is 0 Å². The van der Waals surface area contributed by atoms with Crippen LogP contribution in [0.25, 0.3) is 22.5 Å². The van der Waals surface area contributed by atoms with Crippen LogP contribution in [0.5, 0.6) is 0 Å². The molecule has 0 unspecified atom stereocenters. The number of aryl methyl sites for hydroxylation is 5. The molecule has 0 fully saturated rings. The van der Waals surface area contributed by atoms with E-state index in [-0.39, 0.29) is 0 Å². The molecule has 0 radical (unpaired) electrons. The lowest BCUT2D eigenvalue weighted by atomic mass is 9.90. The smallest absolute Gasteiger partial charge is 0.0516 e. The summed E-state index contributed by atoms with van der Waals surface area (Å²) >= 11 is 0. The first-order valence-electron chi connectivity index (χ1n) is 7.37. The Balaban J connectivity index is 2.41. The van der Waals surface area contributed by atoms with Crippen molar-refractivity contribution in [3.8, 4) is 22.5 Å². The molecule has 0 aliphatic carbocycles. The molecule has 0 spiro atoms. The van der Waals surface area contributed by atoms with Gasteiger partial charge in [0.05, 0.1) is 5.69 Å². The molecular weight excluding hydrogens is 256 g/mol. The van der Waals surface area contributed by atoms with Gasteiger partial charge < -0.3 is 9.55 Å². The maximum atomic E-state index is 3.42. The zero-order chi connectivity index (χ0) is 15.1. The van der Waals surface area contributed by atoms with E-state index in [1.165, 1.54) is 44.8 Å². The van der Waals surface area contributed by atoms with Crippen LogP contribution in [0.4, 0.5) is 0 Å². The summed E-state index contributed by atoms with van der Waals surface area (Å²) in [6, 6.07) is 8.76. The molecule has 0 amide bonds. The van der Waals surface area contributed by atoms with E-state index in [0.29, 0.717) is 0 Å². The number of nitrogens with zero attached hydrogens (tertiary/aromatic N) is 1. The average molecular weight is 278 g/mol. The first kappa shape index (κ1) is 13.7. The Morgan fingerprint density at radius 3 is 1.95 bits per heavy atom. The predicted molar refractivity (Wildman–Crippen MR) is 89.6 cm³/mol. The molecule has 0 aliphatic heterocycles. The fraction of sp³-hybridized carbons (Fsp3) is 0.263. The zero-order valence-corrected chi connectivity index (χ0v) is 13.4. The molecule has 1 aromatic carbocycles. The molecule has 0 atom stereocenters. The second kappa shape index (κ2) is 4.96. The van der Waals surface area contributed by atoms with Gasteiger partial charge in [-0.05, 0) is 62.1 Å². The molecule has 21 heavy (non-hydrogen) atoms. The van der Waals surface area contributed by atoms with E-state index in [0.717, 1.165) is 0 Å². The van der Waals surface area contributed by atoms with Crippen molar-refractivity contribution in [2.24, 2.45) is 7.05 Å². The number of benzene rings is 1. The standard InChI is InChI=1S/C19H22N2/c1-12-6-7-13(2)17(19-15(4)9-11-21(19)5)16(12)18-14(3)8-10-20-18/h6-11,20H,1-5H3. The normalized spacial score (nSPS) is 11.1. The van der Waals surface area contributed by atoms with Crippen LogP contribution in [0.2, 0.25) is 0 Å². The summed E-state index contributed by atoms with van der Waals surface area (Å²) in [5.74, 6) is 0. The molecule has 0 saturated heterocycles. The van der Waals surface area contributed by atoms with Crippen LogP contribution in [0.1, 0.15) is 22.3 Å². The monoisotopic (exact) mass is 278 g/mol. The summed E-state index contributed by atoms with van der Waals surface area (Å²) < 4.78 is 2.22. The lowest BCUT2D eigenvalue weighted by Gasteiger charge is -2.17. The van der Waals surface area contributed by atoms with Gasteiger partial charge in [0.2, 0.25) is 0 Å². The van der Waals surface area contributed by atoms with Crippen molar-refractivity contribution in [1.29, 1.82) is 0 Å². The van der Waals surface area contributed by atoms with Gasteiger partial charge in [0.1, 0.15) is 0 Å². The Bertz CT molecular complexity index is 784. The van der Waals surface area contributed by atoms with Crippen molar-refractivity contribution in [2.75, 3.05) is 0 Å². The van der Waals surface area contributed by atoms with Crippen LogP contribution in [0.15, 0.2) is 36.7 Å². The highest BCUT2D eigenvalue weighted by molar-refractivity contribution is 5.87. The molecule has 1 N–H and O–H groups in total. The zero-order valence-electron chi connectivity index (χ0n) is 13.4. The van der Waals surface area contributed by atoms with Crippen LogP contribution in [0, 0.1) is 27.7 Å². The van der Waals surface area contributed by atoms with Crippen LogP contribution < -0.4 is 0 Å². The number of hydrogen-bond acceptors (Lipinski definition) is 0. The summed E-state index contributed by atoms with van der Waals surface area (Å²) in [6.07, 6.45) is 4.16. The Morgan fingerprint density at radius 1 is 0.762 bits per heavy atom. The number of rotatable bonds is 2. The van der Waals surface area contributed by atoms with Crippen molar-refractivity contribution >= 4 is 0 Å².